The Hall–Kier alpha value is -2.31. The van der Waals surface area contributed by atoms with Crippen molar-refractivity contribution in [3.05, 3.63) is 69.7 Å². The monoisotopic (exact) mass is 401 g/mol. The number of carbonyl (C=O) groups is 2. The van der Waals surface area contributed by atoms with Gasteiger partial charge in [-0.2, -0.15) is 0 Å². The van der Waals surface area contributed by atoms with E-state index in [1.807, 2.05) is 30.3 Å². The van der Waals surface area contributed by atoms with Gasteiger partial charge in [-0.15, -0.1) is 11.3 Å². The van der Waals surface area contributed by atoms with Crippen molar-refractivity contribution in [3.8, 4) is 0 Å². The number of aromatic nitrogens is 1. The molecule has 0 spiro atoms. The van der Waals surface area contributed by atoms with Gasteiger partial charge in [0.25, 0.3) is 0 Å². The lowest BCUT2D eigenvalue weighted by molar-refractivity contribution is -0.136. The predicted molar refractivity (Wildman–Crippen MR) is 98.1 cm³/mol. The number of ketones is 1. The van der Waals surface area contributed by atoms with Crippen molar-refractivity contribution in [2.75, 3.05) is 6.61 Å². The molecule has 0 aliphatic carbocycles. The first-order valence-corrected chi connectivity index (χ1v) is 8.72. The summed E-state index contributed by atoms with van der Waals surface area (Å²) in [5.74, 6) is -0.823. The Balaban J connectivity index is 1.58. The van der Waals surface area contributed by atoms with Crippen LogP contribution in [0.4, 0.5) is 0 Å². The number of esters is 1. The second kappa shape index (κ2) is 7.51. The fraction of sp³-hybridized carbons (Fsp3) is 0.0556. The normalized spacial score (nSPS) is 11.0. The van der Waals surface area contributed by atoms with E-state index in [-0.39, 0.29) is 12.4 Å². The van der Waals surface area contributed by atoms with Crippen LogP contribution in [0.2, 0.25) is 0 Å². The second-order valence-corrected chi connectivity index (χ2v) is 6.87. The Kier molecular flexibility index (Phi) is 5.17. The van der Waals surface area contributed by atoms with Crippen molar-refractivity contribution in [3.63, 3.8) is 0 Å². The first kappa shape index (κ1) is 16.5. The van der Waals surface area contributed by atoms with Gasteiger partial charge in [-0.3, -0.25) is 4.79 Å². The lowest BCUT2D eigenvalue weighted by Crippen LogP contribution is -2.12. The molecule has 0 fully saturated rings. The quantitative estimate of drug-likeness (QED) is 0.358. The molecule has 0 aliphatic rings. The van der Waals surface area contributed by atoms with Gasteiger partial charge in [0.2, 0.25) is 0 Å². The zero-order valence-corrected chi connectivity index (χ0v) is 14.8. The third kappa shape index (κ3) is 4.15. The maximum absolute atomic E-state index is 12.0. The van der Waals surface area contributed by atoms with Crippen LogP contribution in [-0.4, -0.2) is 23.3 Å². The zero-order chi connectivity index (χ0) is 16.9. The minimum Gasteiger partial charge on any atom is -0.454 e. The third-order valence-electron chi connectivity index (χ3n) is 3.16. The largest absolute Gasteiger partial charge is 0.454 e. The molecule has 1 aromatic heterocycles. The zero-order valence-electron chi connectivity index (χ0n) is 12.4. The number of para-hydroxylation sites is 1. The molecule has 2 aromatic carbocycles. The molecule has 0 saturated carbocycles. The van der Waals surface area contributed by atoms with Gasteiger partial charge in [-0.25, -0.2) is 9.78 Å². The maximum atomic E-state index is 12.0. The van der Waals surface area contributed by atoms with Gasteiger partial charge in [0.15, 0.2) is 12.4 Å². The second-order valence-electron chi connectivity index (χ2n) is 4.89. The van der Waals surface area contributed by atoms with Gasteiger partial charge in [-0.1, -0.05) is 40.2 Å². The number of hydrogen-bond donors (Lipinski definition) is 0. The van der Waals surface area contributed by atoms with Gasteiger partial charge in [0.1, 0.15) is 5.01 Å². The van der Waals surface area contributed by atoms with Crippen molar-refractivity contribution in [1.29, 1.82) is 0 Å². The molecule has 0 bridgehead atoms. The van der Waals surface area contributed by atoms with E-state index >= 15 is 0 Å². The first-order valence-electron chi connectivity index (χ1n) is 7.11. The molecule has 120 valence electrons. The van der Waals surface area contributed by atoms with Crippen LogP contribution in [0.25, 0.3) is 16.3 Å². The van der Waals surface area contributed by atoms with E-state index in [0.29, 0.717) is 10.6 Å². The topological polar surface area (TPSA) is 56.3 Å². The first-order chi connectivity index (χ1) is 11.6. The molecular formula is C18H12BrNO3S. The van der Waals surface area contributed by atoms with Gasteiger partial charge in [0, 0.05) is 16.1 Å². The van der Waals surface area contributed by atoms with Gasteiger partial charge >= 0.3 is 5.97 Å². The third-order valence-corrected chi connectivity index (χ3v) is 4.66. The Morgan fingerprint density at radius 2 is 2.00 bits per heavy atom. The van der Waals surface area contributed by atoms with Crippen molar-refractivity contribution in [1.82, 2.24) is 4.98 Å². The number of rotatable bonds is 5. The molecule has 0 amide bonds. The molecule has 4 nitrogen and oxygen atoms in total. The molecule has 3 aromatic rings. The van der Waals surface area contributed by atoms with Crippen LogP contribution in [0.3, 0.4) is 0 Å². The van der Waals surface area contributed by atoms with Crippen molar-refractivity contribution in [2.24, 2.45) is 0 Å². The van der Waals surface area contributed by atoms with E-state index in [1.54, 1.807) is 24.3 Å². The minimum atomic E-state index is -0.572. The van der Waals surface area contributed by atoms with Crippen molar-refractivity contribution in [2.45, 2.75) is 0 Å². The van der Waals surface area contributed by atoms with Crippen molar-refractivity contribution >= 4 is 55.3 Å². The highest BCUT2D eigenvalue weighted by molar-refractivity contribution is 9.10. The lowest BCUT2D eigenvalue weighted by atomic mass is 10.1. The Morgan fingerprint density at radius 3 is 2.79 bits per heavy atom. The summed E-state index contributed by atoms with van der Waals surface area (Å²) in [6.45, 7) is -0.292. The lowest BCUT2D eigenvalue weighted by Gasteiger charge is -2.02. The van der Waals surface area contributed by atoms with E-state index in [4.69, 9.17) is 4.74 Å². The SMILES string of the molecule is O=C(/C=C/c1nc2ccccc2s1)OCC(=O)c1cccc(Br)c1. The number of hydrogen-bond acceptors (Lipinski definition) is 5. The van der Waals surface area contributed by atoms with Crippen LogP contribution < -0.4 is 0 Å². The number of halogens is 1. The summed E-state index contributed by atoms with van der Waals surface area (Å²) in [5.41, 5.74) is 1.38. The van der Waals surface area contributed by atoms with E-state index < -0.39 is 5.97 Å². The molecule has 0 atom stereocenters. The van der Waals surface area contributed by atoms with Gasteiger partial charge in [0.05, 0.1) is 10.2 Å². The summed E-state index contributed by atoms with van der Waals surface area (Å²) in [6.07, 6.45) is 2.88. The molecule has 3 rings (SSSR count). The summed E-state index contributed by atoms with van der Waals surface area (Å²) in [4.78, 5) is 28.1. The molecule has 0 unspecified atom stereocenters. The maximum Gasteiger partial charge on any atom is 0.331 e. The summed E-state index contributed by atoms with van der Waals surface area (Å²) < 4.78 is 6.83. The summed E-state index contributed by atoms with van der Waals surface area (Å²) in [5, 5.41) is 0.714. The highest BCUT2D eigenvalue weighted by Gasteiger charge is 2.09. The molecule has 0 radical (unpaired) electrons. The highest BCUT2D eigenvalue weighted by atomic mass is 79.9. The van der Waals surface area contributed by atoms with E-state index in [2.05, 4.69) is 20.9 Å². The number of carbonyl (C=O) groups excluding carboxylic acids is 2. The number of nitrogens with zero attached hydrogens (tertiary/aromatic N) is 1. The van der Waals surface area contributed by atoms with E-state index in [0.717, 1.165) is 14.7 Å². The summed E-state index contributed by atoms with van der Waals surface area (Å²) >= 11 is 4.78. The molecule has 0 N–H and O–H groups in total. The molecule has 24 heavy (non-hydrogen) atoms. The average Bonchev–Trinajstić information content (AvgIpc) is 3.00. The van der Waals surface area contributed by atoms with Crippen LogP contribution in [0.1, 0.15) is 15.4 Å². The molecule has 1 heterocycles. The number of Topliss-reactive ketones (excluding diaryl/α,β-unsaturated/α-hetero) is 1. The van der Waals surface area contributed by atoms with Crippen molar-refractivity contribution < 1.29 is 14.3 Å². The smallest absolute Gasteiger partial charge is 0.331 e. The Morgan fingerprint density at radius 1 is 1.17 bits per heavy atom. The van der Waals surface area contributed by atoms with Crippen LogP contribution in [0.15, 0.2) is 59.1 Å². The number of benzene rings is 2. The molecule has 0 aliphatic heterocycles. The molecule has 0 saturated heterocycles. The molecular weight excluding hydrogens is 390 g/mol. The fourth-order valence-electron chi connectivity index (χ4n) is 2.03. The van der Waals surface area contributed by atoms with Crippen LogP contribution in [0.5, 0.6) is 0 Å². The predicted octanol–water partition coefficient (Wildman–Crippen LogP) is 4.50. The Labute approximate surface area is 150 Å². The van der Waals surface area contributed by atoms with Crippen LogP contribution in [0, 0.1) is 0 Å². The van der Waals surface area contributed by atoms with Crippen LogP contribution >= 0.6 is 27.3 Å². The van der Waals surface area contributed by atoms with Crippen LogP contribution in [-0.2, 0) is 9.53 Å². The fourth-order valence-corrected chi connectivity index (χ4v) is 3.30. The van der Waals surface area contributed by atoms with E-state index in [1.165, 1.54) is 17.4 Å². The number of thiazole rings is 1. The Bertz CT molecular complexity index is 900. The highest BCUT2D eigenvalue weighted by Crippen LogP contribution is 2.22. The molecule has 6 heteroatoms. The average molecular weight is 402 g/mol. The number of fused-ring (bicyclic) bond motifs is 1. The number of ether oxygens (including phenoxy) is 1. The van der Waals surface area contributed by atoms with Gasteiger partial charge < -0.3 is 4.74 Å². The van der Waals surface area contributed by atoms with Gasteiger partial charge in [-0.05, 0) is 30.3 Å². The van der Waals surface area contributed by atoms with E-state index in [9.17, 15) is 9.59 Å². The summed E-state index contributed by atoms with van der Waals surface area (Å²) in [6, 6.07) is 14.7. The minimum absolute atomic E-state index is 0.252. The standard InChI is InChI=1S/C18H12BrNO3S/c19-13-5-3-4-12(10-13)15(21)11-23-18(22)9-8-17-20-14-6-1-2-7-16(14)24-17/h1-10H,11H2/b9-8+. The summed E-state index contributed by atoms with van der Waals surface area (Å²) in [7, 11) is 0.